The number of primary amides is 1. The van der Waals surface area contributed by atoms with E-state index in [4.69, 9.17) is 29.8 Å². The van der Waals surface area contributed by atoms with Gasteiger partial charge >= 0.3 is 200 Å². The van der Waals surface area contributed by atoms with E-state index in [1.807, 2.05) is 4.93 Å². The van der Waals surface area contributed by atoms with Crippen LogP contribution in [0.25, 0.3) is 0 Å². The van der Waals surface area contributed by atoms with Crippen molar-refractivity contribution in [3.05, 3.63) is 0 Å². The molecule has 17 N–H and O–H groups in total. The van der Waals surface area contributed by atoms with E-state index in [1.165, 1.54) is 25.7 Å². The zero-order chi connectivity index (χ0) is 73.3. The van der Waals surface area contributed by atoms with Gasteiger partial charge in [0.1, 0.15) is 31.3 Å². The predicted molar refractivity (Wildman–Crippen MR) is 347 cm³/mol. The second-order valence-electron chi connectivity index (χ2n) is 22.9. The standard InChI is InChI=1S/C62H107IN11O24/c1-63-74-42(58(86)73-56(57(64)85)47(75)39-65-2)19-17-18-30-66-48(76)26-22-43(59(87)88)70-52(80)29-25-46(62(93)94)72-54(82)41-98-38-36-96-34-32-68-53(81)40-97-37-35-95-33-31-67-49(77)27-23-44(60(89)90)71-51(79)28-24-45(61(91)92)69-50(78)20-15-13-11-9-7-5-3-4-6-8-10-12-14-16-21-55(83)84/h42-47,56,74-75H,2-41H2,1H3,(H2,64,85)(H,66,76)(H,67,77)(H,68,81)(H,69,78)(H,70,80)(H,71,79)(H,72,82)(H,73,86)(H,83,84)(H,87,88)(H,89,90)(H,91,92)(H,93,94)/q-1. The molecule has 0 aromatic heterocycles. The summed E-state index contributed by atoms with van der Waals surface area (Å²) in [6.07, 6.45) is 11.7. The number of nitrogens with zero attached hydrogens (tertiary/aromatic N) is 1. The molecule has 35 nitrogen and oxygen atoms in total. The number of alkyl halides is 1. The molecule has 98 heavy (non-hydrogen) atoms. The number of amides is 9. The van der Waals surface area contributed by atoms with Gasteiger partial charge in [0.15, 0.2) is 0 Å². The summed E-state index contributed by atoms with van der Waals surface area (Å²) in [5.41, 5.74) is 5.32. The van der Waals surface area contributed by atoms with Crippen LogP contribution >= 0.6 is 0 Å². The minimum absolute atomic E-state index is 0.00520. The van der Waals surface area contributed by atoms with Gasteiger partial charge < -0.3 is 71.1 Å². The van der Waals surface area contributed by atoms with E-state index in [0.717, 1.165) is 57.8 Å². The number of rotatable bonds is 66. The van der Waals surface area contributed by atoms with Crippen LogP contribution in [0.2, 0.25) is 0 Å². The van der Waals surface area contributed by atoms with Crippen molar-refractivity contribution < 1.29 is 138 Å². The summed E-state index contributed by atoms with van der Waals surface area (Å²) < 4.78 is 24.3. The average molecular weight is 1520 g/mol. The Labute approximate surface area is 581 Å². The molecule has 0 aromatic carbocycles. The molecule has 7 unspecified atom stereocenters. The summed E-state index contributed by atoms with van der Waals surface area (Å²) in [6, 6.07) is -7.89. The van der Waals surface area contributed by atoms with E-state index in [1.54, 1.807) is 0 Å². The van der Waals surface area contributed by atoms with Crippen LogP contribution < -0.4 is 73.3 Å². The monoisotopic (exact) mass is 1520 g/mol. The molecule has 0 aliphatic heterocycles. The van der Waals surface area contributed by atoms with Gasteiger partial charge in [0.05, 0.1) is 39.6 Å². The topological polar surface area (TPSA) is 544 Å². The molecule has 0 saturated carbocycles. The SMILES string of the molecule is C=NCC(O)C(NC(=O)C(CCCCNC(=O)CCC(NC(=O)CCC(NC(=O)COCCOCCNC(=O)COCCOCCNC(=O)CCC(NC(=O)CCC(NC(=O)CCCCCCCCCCCCCCCCC(=O)O)C(=O)O)C(=O)O)C(=O)O)C(=O)O)N[I-]C)C(N)=O. The molecule has 9 amide bonds. The number of nitrogens with two attached hydrogens (primary N) is 1. The van der Waals surface area contributed by atoms with Crippen molar-refractivity contribution in [2.45, 2.75) is 216 Å². The van der Waals surface area contributed by atoms with Crippen molar-refractivity contribution in [1.29, 1.82) is 0 Å². The Kier molecular flexibility index (Phi) is 54.3. The van der Waals surface area contributed by atoms with Gasteiger partial charge in [0, 0.05) is 45.2 Å². The van der Waals surface area contributed by atoms with Crippen LogP contribution in [-0.4, -0.2) is 247 Å². The quantitative estimate of drug-likeness (QED) is 0.00905. The maximum absolute atomic E-state index is 12.8. The van der Waals surface area contributed by atoms with Crippen LogP contribution in [0.15, 0.2) is 4.99 Å². The Morgan fingerprint density at radius 1 is 0.398 bits per heavy atom. The molecule has 7 atom stereocenters. The molecule has 0 rings (SSSR count). The van der Waals surface area contributed by atoms with Crippen molar-refractivity contribution in [2.75, 3.05) is 84.0 Å². The molecular formula is C62H107IN11O24-. The van der Waals surface area contributed by atoms with Crippen molar-refractivity contribution in [3.8, 4) is 0 Å². The normalized spacial score (nSPS) is 13.2. The Morgan fingerprint density at radius 3 is 1.15 bits per heavy atom. The number of halogens is 1. The molecule has 0 aromatic rings. The van der Waals surface area contributed by atoms with Crippen molar-refractivity contribution in [2.24, 2.45) is 10.7 Å². The number of carboxylic acids is 5. The maximum atomic E-state index is 12.8. The molecule has 0 aliphatic carbocycles. The third kappa shape index (κ3) is 51.0. The zero-order valence-electron chi connectivity index (χ0n) is 56.3. The number of aliphatic imine (C=N–C) groups is 1. The van der Waals surface area contributed by atoms with Crippen molar-refractivity contribution >= 4 is 89.7 Å². The van der Waals surface area contributed by atoms with Gasteiger partial charge in [-0.1, -0.05) is 77.0 Å². The number of ether oxygens (including phenoxy) is 4. The van der Waals surface area contributed by atoms with Gasteiger partial charge in [-0.25, -0.2) is 19.2 Å². The number of carbonyl (C=O) groups is 14. The first-order chi connectivity index (χ1) is 46.8. The van der Waals surface area contributed by atoms with E-state index in [2.05, 4.69) is 57.8 Å². The Morgan fingerprint density at radius 2 is 0.755 bits per heavy atom. The summed E-state index contributed by atoms with van der Waals surface area (Å²) in [7, 11) is 0. The van der Waals surface area contributed by atoms with Gasteiger partial charge in [-0.2, -0.15) is 0 Å². The number of aliphatic carboxylic acids is 5. The van der Waals surface area contributed by atoms with Crippen LogP contribution in [0, 0.1) is 0 Å². The molecule has 0 fully saturated rings. The molecule has 0 spiro atoms. The van der Waals surface area contributed by atoms with Crippen LogP contribution in [0.1, 0.15) is 173 Å². The minimum atomic E-state index is -1.54. The number of nitrogens with one attached hydrogen (secondary N) is 9. The first-order valence-corrected chi connectivity index (χ1v) is 36.4. The first kappa shape index (κ1) is 90.7. The van der Waals surface area contributed by atoms with Gasteiger partial charge in [-0.05, 0) is 32.1 Å². The van der Waals surface area contributed by atoms with E-state index >= 15 is 0 Å². The van der Waals surface area contributed by atoms with Gasteiger partial charge in [-0.15, -0.1) is 0 Å². The Balaban J connectivity index is 4.23. The fraction of sp³-hybridized carbons (Fsp3) is 0.758. The molecule has 0 radical (unpaired) electrons. The number of hydrogen-bond donors (Lipinski definition) is 16. The van der Waals surface area contributed by atoms with Gasteiger partial charge in [0.2, 0.25) is 35.4 Å². The third-order valence-corrected chi connectivity index (χ3v) is 16.0. The van der Waals surface area contributed by atoms with E-state index in [9.17, 15) is 92.7 Å². The van der Waals surface area contributed by atoms with Gasteiger partial charge in [-0.3, -0.25) is 33.6 Å². The molecular weight excluding hydrogens is 1410 g/mol. The van der Waals surface area contributed by atoms with Crippen LogP contribution in [0.4, 0.5) is 0 Å². The summed E-state index contributed by atoms with van der Waals surface area (Å²) >= 11 is -0.573. The number of carbonyl (C=O) groups excluding carboxylic acids is 9. The molecule has 562 valence electrons. The molecule has 0 heterocycles. The average Bonchev–Trinajstić information content (AvgIpc) is 0.939. The summed E-state index contributed by atoms with van der Waals surface area (Å²) in [5.74, 6) is -12.3. The Bertz CT molecular complexity index is 2430. The van der Waals surface area contributed by atoms with Crippen LogP contribution in [0.5, 0.6) is 0 Å². The Hall–Kier alpha value is -7.26. The fourth-order valence-corrected chi connectivity index (χ4v) is 10.6. The van der Waals surface area contributed by atoms with E-state index in [-0.39, 0.29) is 124 Å². The number of carboxylic acid groups (broad SMARTS) is 5. The summed E-state index contributed by atoms with van der Waals surface area (Å²) in [6.45, 7) is 2.59. The zero-order valence-corrected chi connectivity index (χ0v) is 58.4. The van der Waals surface area contributed by atoms with E-state index in [0.29, 0.717) is 25.7 Å². The molecule has 0 saturated heterocycles. The summed E-state index contributed by atoms with van der Waals surface area (Å²) in [5, 5.41) is 76.7. The third-order valence-electron chi connectivity index (χ3n) is 14.7. The summed E-state index contributed by atoms with van der Waals surface area (Å²) in [4.78, 5) is 175. The number of aliphatic hydroxyl groups excluding tert-OH is 1. The second-order valence-corrected chi connectivity index (χ2v) is 24.6. The van der Waals surface area contributed by atoms with Crippen LogP contribution in [0.3, 0.4) is 0 Å². The number of aliphatic hydroxyl groups is 1. The fourth-order valence-electron chi connectivity index (χ4n) is 9.29. The molecule has 36 heteroatoms. The van der Waals surface area contributed by atoms with Gasteiger partial charge in [0.25, 0.3) is 0 Å². The molecule has 0 aliphatic rings. The first-order valence-electron chi connectivity index (χ1n) is 33.2. The van der Waals surface area contributed by atoms with Crippen molar-refractivity contribution in [3.63, 3.8) is 0 Å². The van der Waals surface area contributed by atoms with E-state index < -0.39 is 166 Å². The second kappa shape index (κ2) is 58.7. The number of hydrogen-bond acceptors (Lipinski definition) is 21. The number of unbranched alkanes of at least 4 members (excludes halogenated alkanes) is 14. The van der Waals surface area contributed by atoms with Crippen molar-refractivity contribution in [1.82, 2.24) is 46.1 Å². The molecule has 0 bridgehead atoms. The van der Waals surface area contributed by atoms with Crippen LogP contribution in [-0.2, 0) is 86.1 Å². The predicted octanol–water partition coefficient (Wildman–Crippen LogP) is -4.08.